The number of carbonyl (C=O) groups excluding carboxylic acids is 1. The van der Waals surface area contributed by atoms with Crippen LogP contribution in [0.5, 0.6) is 0 Å². The zero-order valence-electron chi connectivity index (χ0n) is 14.2. The maximum absolute atomic E-state index is 12.0. The summed E-state index contributed by atoms with van der Waals surface area (Å²) in [5.41, 5.74) is -0.945. The largest absolute Gasteiger partial charge is 0.467 e. The summed E-state index contributed by atoms with van der Waals surface area (Å²) < 4.78 is 17.3. The van der Waals surface area contributed by atoms with Gasteiger partial charge in [0, 0.05) is 10.7 Å². The molecule has 5 nitrogen and oxygen atoms in total. The SMILES string of the molecule is CCOC(=O)CC(B1OC(C)(C)C(C)(C)O1)c1ccc(C#N)s1. The second kappa shape index (κ2) is 6.64. The molecule has 0 aliphatic carbocycles. The molecule has 0 spiro atoms. The molecule has 7 heteroatoms. The lowest BCUT2D eigenvalue weighted by Gasteiger charge is -2.32. The normalized spacial score (nSPS) is 20.1. The number of hydrogen-bond acceptors (Lipinski definition) is 6. The molecule has 1 aromatic rings. The molecule has 2 rings (SSSR count). The number of rotatable bonds is 5. The standard InChI is InChI=1S/C16H22BNO4S/c1-6-20-14(19)9-12(13-8-7-11(10-18)23-13)17-21-15(2,3)16(4,5)22-17/h7-8,12H,6,9H2,1-5H3. The van der Waals surface area contributed by atoms with Crippen molar-refractivity contribution >= 4 is 24.4 Å². The van der Waals surface area contributed by atoms with E-state index >= 15 is 0 Å². The Morgan fingerprint density at radius 2 is 1.96 bits per heavy atom. The lowest BCUT2D eigenvalue weighted by atomic mass is 9.69. The predicted molar refractivity (Wildman–Crippen MR) is 89.1 cm³/mol. The number of esters is 1. The average molecular weight is 335 g/mol. The van der Waals surface area contributed by atoms with Crippen molar-refractivity contribution in [3.8, 4) is 6.07 Å². The minimum Gasteiger partial charge on any atom is -0.466 e. The first-order chi connectivity index (χ1) is 10.7. The second-order valence-electron chi connectivity index (χ2n) is 6.55. The van der Waals surface area contributed by atoms with Crippen LogP contribution in [0.25, 0.3) is 0 Å². The Bertz CT molecular complexity index is 604. The van der Waals surface area contributed by atoms with Crippen LogP contribution >= 0.6 is 11.3 Å². The third-order valence-corrected chi connectivity index (χ3v) is 5.52. The van der Waals surface area contributed by atoms with Crippen molar-refractivity contribution in [1.29, 1.82) is 5.26 Å². The summed E-state index contributed by atoms with van der Waals surface area (Å²) in [6, 6.07) is 5.74. The highest BCUT2D eigenvalue weighted by molar-refractivity contribution is 7.13. The van der Waals surface area contributed by atoms with Crippen molar-refractivity contribution in [3.05, 3.63) is 21.9 Å². The van der Waals surface area contributed by atoms with E-state index in [4.69, 9.17) is 19.3 Å². The first-order valence-corrected chi connectivity index (χ1v) is 8.53. The summed E-state index contributed by atoms with van der Waals surface area (Å²) in [5, 5.41) is 9.04. The molecule has 0 radical (unpaired) electrons. The van der Waals surface area contributed by atoms with Gasteiger partial charge in [0.25, 0.3) is 0 Å². The molecular weight excluding hydrogens is 313 g/mol. The Labute approximate surface area is 141 Å². The van der Waals surface area contributed by atoms with Crippen molar-refractivity contribution in [2.24, 2.45) is 0 Å². The predicted octanol–water partition coefficient (Wildman–Crippen LogP) is 3.29. The smallest absolute Gasteiger partial charge is 0.466 e. The number of carbonyl (C=O) groups is 1. The van der Waals surface area contributed by atoms with Gasteiger partial charge in [0.05, 0.1) is 24.2 Å². The van der Waals surface area contributed by atoms with E-state index in [9.17, 15) is 4.79 Å². The molecule has 2 heterocycles. The van der Waals surface area contributed by atoms with Gasteiger partial charge in [-0.1, -0.05) is 0 Å². The molecule has 1 aromatic heterocycles. The van der Waals surface area contributed by atoms with E-state index in [-0.39, 0.29) is 18.2 Å². The van der Waals surface area contributed by atoms with Gasteiger partial charge < -0.3 is 14.0 Å². The molecule has 1 atom stereocenters. The molecule has 1 aliphatic rings. The minimum absolute atomic E-state index is 0.163. The summed E-state index contributed by atoms with van der Waals surface area (Å²) in [5.74, 6) is -0.582. The van der Waals surface area contributed by atoms with E-state index < -0.39 is 18.3 Å². The van der Waals surface area contributed by atoms with Crippen molar-refractivity contribution in [1.82, 2.24) is 0 Å². The van der Waals surface area contributed by atoms with Crippen LogP contribution in [0.2, 0.25) is 0 Å². The fraction of sp³-hybridized carbons (Fsp3) is 0.625. The molecule has 0 amide bonds. The fourth-order valence-corrected chi connectivity index (χ4v) is 3.31. The van der Waals surface area contributed by atoms with E-state index in [1.165, 1.54) is 11.3 Å². The Hall–Kier alpha value is -1.36. The molecule has 23 heavy (non-hydrogen) atoms. The van der Waals surface area contributed by atoms with Gasteiger partial charge in [-0.15, -0.1) is 11.3 Å². The first-order valence-electron chi connectivity index (χ1n) is 7.71. The highest BCUT2D eigenvalue weighted by atomic mass is 32.1. The van der Waals surface area contributed by atoms with Gasteiger partial charge in [-0.25, -0.2) is 0 Å². The van der Waals surface area contributed by atoms with Gasteiger partial charge in [-0.2, -0.15) is 5.26 Å². The minimum atomic E-state index is -0.547. The molecule has 0 bridgehead atoms. The topological polar surface area (TPSA) is 68.6 Å². The van der Waals surface area contributed by atoms with E-state index in [2.05, 4.69) is 6.07 Å². The fourth-order valence-electron chi connectivity index (χ4n) is 2.40. The monoisotopic (exact) mass is 335 g/mol. The lowest BCUT2D eigenvalue weighted by molar-refractivity contribution is -0.143. The Kier molecular flexibility index (Phi) is 5.19. The van der Waals surface area contributed by atoms with Gasteiger partial charge in [-0.05, 0) is 46.8 Å². The maximum atomic E-state index is 12.0. The Morgan fingerprint density at radius 1 is 1.35 bits per heavy atom. The van der Waals surface area contributed by atoms with Gasteiger partial charge in [-0.3, -0.25) is 4.79 Å². The van der Waals surface area contributed by atoms with Gasteiger partial charge in [0.1, 0.15) is 10.9 Å². The van der Waals surface area contributed by atoms with Crippen molar-refractivity contribution < 1.29 is 18.8 Å². The van der Waals surface area contributed by atoms with Crippen LogP contribution < -0.4 is 0 Å². The third-order valence-electron chi connectivity index (χ3n) is 4.39. The Morgan fingerprint density at radius 3 is 2.43 bits per heavy atom. The van der Waals surface area contributed by atoms with E-state index in [1.807, 2.05) is 33.8 Å². The molecule has 1 fully saturated rings. The van der Waals surface area contributed by atoms with Crippen LogP contribution in [0, 0.1) is 11.3 Å². The van der Waals surface area contributed by atoms with Crippen LogP contribution in [-0.2, 0) is 18.8 Å². The third kappa shape index (κ3) is 3.77. The van der Waals surface area contributed by atoms with Crippen molar-refractivity contribution in [3.63, 3.8) is 0 Å². The zero-order valence-corrected chi connectivity index (χ0v) is 15.0. The molecule has 124 valence electrons. The summed E-state index contributed by atoms with van der Waals surface area (Å²) in [7, 11) is -0.547. The summed E-state index contributed by atoms with van der Waals surface area (Å²) in [4.78, 5) is 13.5. The van der Waals surface area contributed by atoms with Crippen LogP contribution in [0.15, 0.2) is 12.1 Å². The summed E-state index contributed by atoms with van der Waals surface area (Å²) in [6.45, 7) is 10.0. The van der Waals surface area contributed by atoms with Crippen LogP contribution in [-0.4, -0.2) is 30.9 Å². The quantitative estimate of drug-likeness (QED) is 0.610. The first kappa shape index (κ1) is 18.0. The number of nitriles is 1. The van der Waals surface area contributed by atoms with E-state index in [1.54, 1.807) is 13.0 Å². The molecule has 1 aliphatic heterocycles. The van der Waals surface area contributed by atoms with Gasteiger partial charge in [0.2, 0.25) is 0 Å². The van der Waals surface area contributed by atoms with E-state index in [0.29, 0.717) is 11.5 Å². The van der Waals surface area contributed by atoms with Crippen molar-refractivity contribution in [2.45, 2.75) is 58.1 Å². The molecule has 0 aromatic carbocycles. The Balaban J connectivity index is 2.27. The molecule has 0 N–H and O–H groups in total. The van der Waals surface area contributed by atoms with Crippen LogP contribution in [0.4, 0.5) is 0 Å². The van der Waals surface area contributed by atoms with E-state index in [0.717, 1.165) is 4.88 Å². The molecule has 1 saturated heterocycles. The highest BCUT2D eigenvalue weighted by Crippen LogP contribution is 2.43. The summed E-state index contributed by atoms with van der Waals surface area (Å²) >= 11 is 1.36. The number of ether oxygens (including phenoxy) is 1. The van der Waals surface area contributed by atoms with Crippen LogP contribution in [0.1, 0.15) is 56.6 Å². The molecule has 0 saturated carbocycles. The average Bonchev–Trinajstić information content (AvgIpc) is 2.99. The van der Waals surface area contributed by atoms with Crippen LogP contribution in [0.3, 0.4) is 0 Å². The number of hydrogen-bond donors (Lipinski definition) is 0. The summed E-state index contributed by atoms with van der Waals surface area (Å²) in [6.07, 6.45) is 0.163. The zero-order chi connectivity index (χ0) is 17.3. The molecule has 1 unspecified atom stereocenters. The maximum Gasteiger partial charge on any atom is 0.467 e. The van der Waals surface area contributed by atoms with Gasteiger partial charge >= 0.3 is 13.1 Å². The number of nitrogens with zero attached hydrogens (tertiary/aromatic N) is 1. The molecular formula is C16H22BNO4S. The highest BCUT2D eigenvalue weighted by Gasteiger charge is 2.54. The number of thiophene rings is 1. The lowest BCUT2D eigenvalue weighted by Crippen LogP contribution is -2.41. The van der Waals surface area contributed by atoms with Gasteiger partial charge in [0.15, 0.2) is 0 Å². The second-order valence-corrected chi connectivity index (χ2v) is 7.67. The van der Waals surface area contributed by atoms with Crippen molar-refractivity contribution in [2.75, 3.05) is 6.61 Å².